The summed E-state index contributed by atoms with van der Waals surface area (Å²) in [6.07, 6.45) is 2.80. The van der Waals surface area contributed by atoms with Crippen LogP contribution >= 0.6 is 11.3 Å². The minimum Gasteiger partial charge on any atom is -0.496 e. The fourth-order valence-electron chi connectivity index (χ4n) is 1.66. The largest absolute Gasteiger partial charge is 0.496 e. The van der Waals surface area contributed by atoms with Crippen LogP contribution in [0.2, 0.25) is 0 Å². The minimum atomic E-state index is 0.654. The summed E-state index contributed by atoms with van der Waals surface area (Å²) in [4.78, 5) is 1.31. The van der Waals surface area contributed by atoms with Gasteiger partial charge in [0.15, 0.2) is 0 Å². The zero-order chi connectivity index (χ0) is 9.97. The number of methoxy groups -OCH3 is 1. The van der Waals surface area contributed by atoms with Crippen molar-refractivity contribution in [2.45, 2.75) is 32.4 Å². The van der Waals surface area contributed by atoms with Gasteiger partial charge in [-0.05, 0) is 37.1 Å². The molecule has 1 unspecified atom stereocenters. The van der Waals surface area contributed by atoms with E-state index < -0.39 is 0 Å². The normalized spacial score (nSPS) is 18.1. The Labute approximate surface area is 89.3 Å². The lowest BCUT2D eigenvalue weighted by atomic mass is 10.2. The van der Waals surface area contributed by atoms with E-state index in [2.05, 4.69) is 17.6 Å². The molecule has 1 aliphatic carbocycles. The monoisotopic (exact) mass is 211 g/mol. The van der Waals surface area contributed by atoms with Crippen LogP contribution in [-0.4, -0.2) is 13.2 Å². The number of thiophene rings is 1. The first-order valence-electron chi connectivity index (χ1n) is 5.15. The second-order valence-corrected chi connectivity index (χ2v) is 4.92. The van der Waals surface area contributed by atoms with Crippen LogP contribution in [0.5, 0.6) is 5.75 Å². The smallest absolute Gasteiger partial charge is 0.134 e. The Hall–Kier alpha value is -0.540. The topological polar surface area (TPSA) is 21.3 Å². The van der Waals surface area contributed by atoms with Gasteiger partial charge in [0.1, 0.15) is 5.75 Å². The maximum absolute atomic E-state index is 5.26. The summed E-state index contributed by atoms with van der Waals surface area (Å²) in [5.74, 6) is 1.94. The van der Waals surface area contributed by atoms with Crippen molar-refractivity contribution in [2.75, 3.05) is 7.11 Å². The third kappa shape index (κ3) is 2.28. The highest BCUT2D eigenvalue weighted by Crippen LogP contribution is 2.33. The van der Waals surface area contributed by atoms with E-state index in [1.54, 1.807) is 18.4 Å². The van der Waals surface area contributed by atoms with Gasteiger partial charge in [0, 0.05) is 12.6 Å². The molecule has 2 nitrogen and oxygen atoms in total. The predicted octanol–water partition coefficient (Wildman–Crippen LogP) is 2.64. The molecule has 1 aliphatic rings. The highest BCUT2D eigenvalue weighted by Gasteiger charge is 2.27. The number of hydrogen-bond acceptors (Lipinski definition) is 3. The van der Waals surface area contributed by atoms with Crippen LogP contribution in [-0.2, 0) is 6.54 Å². The summed E-state index contributed by atoms with van der Waals surface area (Å²) >= 11 is 1.76. The fourth-order valence-corrected chi connectivity index (χ4v) is 2.45. The van der Waals surface area contributed by atoms with Crippen molar-refractivity contribution in [3.8, 4) is 5.75 Å². The summed E-state index contributed by atoms with van der Waals surface area (Å²) in [6.45, 7) is 3.22. The van der Waals surface area contributed by atoms with Crippen molar-refractivity contribution in [2.24, 2.45) is 5.92 Å². The summed E-state index contributed by atoms with van der Waals surface area (Å²) in [6, 6.07) is 2.69. The fraction of sp³-hybridized carbons (Fsp3) is 0.636. The maximum Gasteiger partial charge on any atom is 0.134 e. The quantitative estimate of drug-likeness (QED) is 0.808. The van der Waals surface area contributed by atoms with Gasteiger partial charge in [-0.15, -0.1) is 11.3 Å². The molecule has 1 aromatic heterocycles. The first kappa shape index (κ1) is 9.99. The van der Waals surface area contributed by atoms with E-state index in [1.165, 1.54) is 17.7 Å². The van der Waals surface area contributed by atoms with E-state index in [0.29, 0.717) is 6.04 Å². The van der Waals surface area contributed by atoms with Crippen molar-refractivity contribution >= 4 is 11.3 Å². The summed E-state index contributed by atoms with van der Waals surface area (Å²) < 4.78 is 5.26. The maximum atomic E-state index is 5.26. The molecule has 1 fully saturated rings. The molecule has 0 saturated heterocycles. The average Bonchev–Trinajstić information content (AvgIpc) is 2.94. The second kappa shape index (κ2) is 4.32. The van der Waals surface area contributed by atoms with E-state index in [0.717, 1.165) is 18.2 Å². The summed E-state index contributed by atoms with van der Waals surface area (Å²) in [5.41, 5.74) is 0. The molecule has 0 amide bonds. The zero-order valence-corrected chi connectivity index (χ0v) is 9.56. The van der Waals surface area contributed by atoms with Crippen LogP contribution in [0.1, 0.15) is 24.6 Å². The van der Waals surface area contributed by atoms with Gasteiger partial charge in [0.05, 0.1) is 12.0 Å². The van der Waals surface area contributed by atoms with Gasteiger partial charge < -0.3 is 10.1 Å². The van der Waals surface area contributed by atoms with Gasteiger partial charge in [-0.1, -0.05) is 0 Å². The van der Waals surface area contributed by atoms with Gasteiger partial charge in [-0.3, -0.25) is 0 Å². The molecule has 0 aliphatic heterocycles. The Balaban J connectivity index is 1.84. The second-order valence-electron chi connectivity index (χ2n) is 3.92. The lowest BCUT2D eigenvalue weighted by molar-refractivity contribution is 0.407. The summed E-state index contributed by atoms with van der Waals surface area (Å²) in [7, 11) is 1.73. The van der Waals surface area contributed by atoms with E-state index in [1.807, 2.05) is 6.07 Å². The average molecular weight is 211 g/mol. The molecule has 3 heteroatoms. The van der Waals surface area contributed by atoms with E-state index >= 15 is 0 Å². The molecule has 1 aromatic rings. The number of ether oxygens (including phenoxy) is 1. The molecule has 0 radical (unpaired) electrons. The molecule has 1 atom stereocenters. The van der Waals surface area contributed by atoms with Crippen molar-refractivity contribution in [1.82, 2.24) is 5.32 Å². The number of nitrogens with one attached hydrogen (secondary N) is 1. The molecule has 1 N–H and O–H groups in total. The minimum absolute atomic E-state index is 0.654. The Kier molecular flexibility index (Phi) is 3.08. The molecule has 0 spiro atoms. The van der Waals surface area contributed by atoms with E-state index in [-0.39, 0.29) is 0 Å². The molecule has 1 saturated carbocycles. The first-order valence-corrected chi connectivity index (χ1v) is 6.03. The SMILES string of the molecule is COc1ccsc1CNC(C)C1CC1. The molecule has 0 bridgehead atoms. The van der Waals surface area contributed by atoms with Crippen LogP contribution in [0.3, 0.4) is 0 Å². The molecule has 14 heavy (non-hydrogen) atoms. The van der Waals surface area contributed by atoms with Crippen LogP contribution in [0.25, 0.3) is 0 Å². The Morgan fingerprint density at radius 1 is 1.64 bits per heavy atom. The van der Waals surface area contributed by atoms with Gasteiger partial charge in [0.2, 0.25) is 0 Å². The Morgan fingerprint density at radius 3 is 3.07 bits per heavy atom. The number of hydrogen-bond donors (Lipinski definition) is 1. The third-order valence-corrected chi connectivity index (χ3v) is 3.74. The van der Waals surface area contributed by atoms with Crippen LogP contribution in [0, 0.1) is 5.92 Å². The van der Waals surface area contributed by atoms with Gasteiger partial charge >= 0.3 is 0 Å². The lowest BCUT2D eigenvalue weighted by Gasteiger charge is -2.12. The Morgan fingerprint density at radius 2 is 2.43 bits per heavy atom. The molecular weight excluding hydrogens is 194 g/mol. The van der Waals surface area contributed by atoms with Crippen LogP contribution in [0.4, 0.5) is 0 Å². The van der Waals surface area contributed by atoms with Crippen LogP contribution < -0.4 is 10.1 Å². The van der Waals surface area contributed by atoms with E-state index in [4.69, 9.17) is 4.74 Å². The molecule has 2 rings (SSSR count). The molecule has 1 heterocycles. The van der Waals surface area contributed by atoms with E-state index in [9.17, 15) is 0 Å². The molecule has 78 valence electrons. The van der Waals surface area contributed by atoms with Gasteiger partial charge in [-0.25, -0.2) is 0 Å². The predicted molar refractivity (Wildman–Crippen MR) is 59.9 cm³/mol. The highest BCUT2D eigenvalue weighted by atomic mass is 32.1. The van der Waals surface area contributed by atoms with Crippen molar-refractivity contribution in [1.29, 1.82) is 0 Å². The standard InChI is InChI=1S/C11H17NOS/c1-8(9-3-4-9)12-7-11-10(13-2)5-6-14-11/h5-6,8-9,12H,3-4,7H2,1-2H3. The van der Waals surface area contributed by atoms with Crippen molar-refractivity contribution in [3.63, 3.8) is 0 Å². The van der Waals surface area contributed by atoms with Gasteiger partial charge in [0.25, 0.3) is 0 Å². The highest BCUT2D eigenvalue weighted by molar-refractivity contribution is 7.10. The Bertz CT molecular complexity index is 293. The van der Waals surface area contributed by atoms with Crippen molar-refractivity contribution in [3.05, 3.63) is 16.3 Å². The first-order chi connectivity index (χ1) is 6.81. The van der Waals surface area contributed by atoms with Gasteiger partial charge in [-0.2, -0.15) is 0 Å². The molecule has 0 aromatic carbocycles. The number of rotatable bonds is 5. The molecular formula is C11H17NOS. The third-order valence-electron chi connectivity index (χ3n) is 2.84. The lowest BCUT2D eigenvalue weighted by Crippen LogP contribution is -2.26. The summed E-state index contributed by atoms with van der Waals surface area (Å²) in [5, 5.41) is 5.63. The van der Waals surface area contributed by atoms with Crippen LogP contribution in [0.15, 0.2) is 11.4 Å². The zero-order valence-electron chi connectivity index (χ0n) is 8.75. The van der Waals surface area contributed by atoms with Crippen molar-refractivity contribution < 1.29 is 4.74 Å².